The van der Waals surface area contributed by atoms with Crippen molar-refractivity contribution in [2.75, 3.05) is 20.7 Å². The van der Waals surface area contributed by atoms with Crippen LogP contribution in [0.2, 0.25) is 0 Å². The highest BCUT2D eigenvalue weighted by Crippen LogP contribution is 2.41. The van der Waals surface area contributed by atoms with E-state index in [0.29, 0.717) is 12.1 Å². The van der Waals surface area contributed by atoms with Crippen LogP contribution in [0.3, 0.4) is 0 Å². The lowest BCUT2D eigenvalue weighted by atomic mass is 9.72. The Bertz CT molecular complexity index is 837. The monoisotopic (exact) mass is 456 g/mol. The van der Waals surface area contributed by atoms with E-state index in [0.717, 1.165) is 40.6 Å². The van der Waals surface area contributed by atoms with Crippen LogP contribution in [-0.2, 0) is 16.8 Å². The predicted molar refractivity (Wildman–Crippen MR) is 139 cm³/mol. The summed E-state index contributed by atoms with van der Waals surface area (Å²) in [5, 5.41) is 9.72. The van der Waals surface area contributed by atoms with Crippen molar-refractivity contribution in [2.24, 2.45) is 5.92 Å². The summed E-state index contributed by atoms with van der Waals surface area (Å²) in [7, 11) is 4.09. The van der Waals surface area contributed by atoms with Crippen LogP contribution in [0.25, 0.3) is 0 Å². The number of aldehydes is 1. The Balaban J connectivity index is 0.000000981. The average molecular weight is 457 g/mol. The molecule has 2 rings (SSSR count). The van der Waals surface area contributed by atoms with Crippen LogP contribution < -0.4 is 4.74 Å². The molecule has 0 aromatic heterocycles. The molecule has 33 heavy (non-hydrogen) atoms. The number of carbonyl (C=O) groups is 1. The normalized spacial score (nSPS) is 13.5. The summed E-state index contributed by atoms with van der Waals surface area (Å²) in [6, 6.07) is 17.8. The van der Waals surface area contributed by atoms with Gasteiger partial charge in [0.15, 0.2) is 0 Å². The number of aliphatic hydroxyl groups is 1. The fourth-order valence-corrected chi connectivity index (χ4v) is 4.10. The lowest BCUT2D eigenvalue weighted by Crippen LogP contribution is -2.56. The number of carbonyl (C=O) groups excluding carboxylic acids is 1. The molecule has 184 valence electrons. The smallest absolute Gasteiger partial charge is 0.122 e. The first-order valence-corrected chi connectivity index (χ1v) is 12.1. The molecule has 0 fully saturated rings. The van der Waals surface area contributed by atoms with E-state index < -0.39 is 0 Å². The summed E-state index contributed by atoms with van der Waals surface area (Å²) < 4.78 is 6.77. The fraction of sp³-hybridized carbons (Fsp3) is 0.552. The molecule has 0 aliphatic heterocycles. The minimum Gasteiger partial charge on any atom is -0.496 e. The predicted octanol–water partition coefficient (Wildman–Crippen LogP) is 5.99. The molecule has 0 radical (unpaired) electrons. The van der Waals surface area contributed by atoms with Gasteiger partial charge < -0.3 is 19.1 Å². The molecule has 2 aromatic carbocycles. The first-order chi connectivity index (χ1) is 15.5. The Morgan fingerprint density at radius 2 is 1.55 bits per heavy atom. The zero-order chi connectivity index (χ0) is 25.2. The van der Waals surface area contributed by atoms with Crippen LogP contribution in [-0.4, -0.2) is 48.7 Å². The largest absolute Gasteiger partial charge is 0.496 e. The van der Waals surface area contributed by atoms with Gasteiger partial charge in [0.25, 0.3) is 0 Å². The van der Waals surface area contributed by atoms with Crippen LogP contribution in [0.4, 0.5) is 0 Å². The SMILES string of the molecule is CC(C)C=O.COc1ccc(CO)cc1C(C)(CC[N+](C)(C(C)C)C(C)C)c1ccccc1. The highest BCUT2D eigenvalue weighted by Gasteiger charge is 2.37. The van der Waals surface area contributed by atoms with Crippen LogP contribution in [0, 0.1) is 5.92 Å². The molecule has 2 aromatic rings. The summed E-state index contributed by atoms with van der Waals surface area (Å²) in [5.41, 5.74) is 3.14. The molecule has 0 saturated carbocycles. The minimum atomic E-state index is -0.207. The molecule has 0 aliphatic carbocycles. The standard InChI is InChI=1S/C25H38NO2.C4H8O/c1-19(2)26(6,20(3)4)16-15-25(5,22-11-9-8-10-12-22)23-17-21(18-27)13-14-24(23)28-7;1-4(2)3-5/h8-14,17,19-20,27H,15-16,18H2,1-7H3;3-4H,1-2H3/q+1;. The van der Waals surface area contributed by atoms with E-state index in [1.165, 1.54) is 5.56 Å². The van der Waals surface area contributed by atoms with Crippen LogP contribution >= 0.6 is 0 Å². The molecule has 4 heteroatoms. The number of ether oxygens (including phenoxy) is 1. The molecule has 0 saturated heterocycles. The van der Waals surface area contributed by atoms with Crippen LogP contribution in [0.15, 0.2) is 48.5 Å². The summed E-state index contributed by atoms with van der Waals surface area (Å²) in [6.07, 6.45) is 1.91. The highest BCUT2D eigenvalue weighted by atomic mass is 16.5. The van der Waals surface area contributed by atoms with Crippen molar-refractivity contribution >= 4 is 6.29 Å². The van der Waals surface area contributed by atoms with Gasteiger partial charge in [0.2, 0.25) is 0 Å². The number of rotatable bonds is 10. The molecule has 0 amide bonds. The van der Waals surface area contributed by atoms with Gasteiger partial charge in [-0.1, -0.05) is 57.2 Å². The molecular formula is C29H46NO3+. The molecule has 0 spiro atoms. The maximum atomic E-state index is 9.72. The zero-order valence-electron chi connectivity index (χ0n) is 22.3. The topological polar surface area (TPSA) is 46.5 Å². The Morgan fingerprint density at radius 3 is 1.97 bits per heavy atom. The van der Waals surface area contributed by atoms with Crippen molar-refractivity contribution in [3.05, 3.63) is 65.2 Å². The second-order valence-corrected chi connectivity index (χ2v) is 10.3. The van der Waals surface area contributed by atoms with E-state index in [-0.39, 0.29) is 17.9 Å². The highest BCUT2D eigenvalue weighted by molar-refractivity contribution is 5.51. The van der Waals surface area contributed by atoms with Gasteiger partial charge in [0, 0.05) is 23.3 Å². The molecule has 1 N–H and O–H groups in total. The van der Waals surface area contributed by atoms with E-state index in [1.807, 2.05) is 26.0 Å². The molecule has 1 atom stereocenters. The van der Waals surface area contributed by atoms with Gasteiger partial charge in [0.1, 0.15) is 12.0 Å². The van der Waals surface area contributed by atoms with E-state index in [9.17, 15) is 9.90 Å². The number of hydrogen-bond donors (Lipinski definition) is 1. The number of quaternary nitrogens is 1. The van der Waals surface area contributed by atoms with Gasteiger partial charge in [-0.05, 0) is 51.0 Å². The summed E-state index contributed by atoms with van der Waals surface area (Å²) in [5.74, 6) is 1.09. The quantitative estimate of drug-likeness (QED) is 0.353. The maximum Gasteiger partial charge on any atom is 0.122 e. The lowest BCUT2D eigenvalue weighted by Gasteiger charge is -2.45. The Morgan fingerprint density at radius 1 is 1.00 bits per heavy atom. The average Bonchev–Trinajstić information content (AvgIpc) is 2.82. The number of methoxy groups -OCH3 is 1. The van der Waals surface area contributed by atoms with Crippen molar-refractivity contribution in [1.82, 2.24) is 0 Å². The van der Waals surface area contributed by atoms with Gasteiger partial charge >= 0.3 is 0 Å². The summed E-state index contributed by atoms with van der Waals surface area (Å²) in [4.78, 5) is 9.50. The van der Waals surface area contributed by atoms with E-state index in [1.54, 1.807) is 7.11 Å². The van der Waals surface area contributed by atoms with E-state index >= 15 is 0 Å². The minimum absolute atomic E-state index is 0.0353. The van der Waals surface area contributed by atoms with Crippen LogP contribution in [0.5, 0.6) is 5.75 Å². The molecule has 4 nitrogen and oxygen atoms in total. The molecule has 0 heterocycles. The Hall–Kier alpha value is -2.17. The zero-order valence-corrected chi connectivity index (χ0v) is 22.3. The molecular weight excluding hydrogens is 410 g/mol. The molecule has 1 unspecified atom stereocenters. The van der Waals surface area contributed by atoms with Gasteiger partial charge in [-0.2, -0.15) is 0 Å². The van der Waals surface area contributed by atoms with Crippen molar-refractivity contribution in [3.63, 3.8) is 0 Å². The van der Waals surface area contributed by atoms with Crippen molar-refractivity contribution in [1.29, 1.82) is 0 Å². The van der Waals surface area contributed by atoms with Crippen LogP contribution in [0.1, 0.15) is 71.6 Å². The number of hydrogen-bond acceptors (Lipinski definition) is 3. The maximum absolute atomic E-state index is 9.72. The number of nitrogens with zero attached hydrogens (tertiary/aromatic N) is 1. The second-order valence-electron chi connectivity index (χ2n) is 10.3. The Kier molecular flexibility index (Phi) is 11.3. The number of aliphatic hydroxyl groups excluding tert-OH is 1. The van der Waals surface area contributed by atoms with Gasteiger partial charge in [0.05, 0.1) is 39.4 Å². The van der Waals surface area contributed by atoms with Crippen molar-refractivity contribution < 1.29 is 19.1 Å². The number of benzene rings is 2. The lowest BCUT2D eigenvalue weighted by molar-refractivity contribution is -0.949. The van der Waals surface area contributed by atoms with E-state index in [4.69, 9.17) is 4.74 Å². The van der Waals surface area contributed by atoms with Gasteiger partial charge in [-0.3, -0.25) is 0 Å². The van der Waals surface area contributed by atoms with Gasteiger partial charge in [-0.15, -0.1) is 0 Å². The third-order valence-electron chi connectivity index (χ3n) is 7.18. The van der Waals surface area contributed by atoms with E-state index in [2.05, 4.69) is 78.1 Å². The third kappa shape index (κ3) is 7.41. The third-order valence-corrected chi connectivity index (χ3v) is 7.18. The second kappa shape index (κ2) is 12.9. The van der Waals surface area contributed by atoms with Gasteiger partial charge in [-0.25, -0.2) is 0 Å². The molecule has 0 aliphatic rings. The summed E-state index contributed by atoms with van der Waals surface area (Å²) >= 11 is 0. The summed E-state index contributed by atoms with van der Waals surface area (Å²) in [6.45, 7) is 16.4. The Labute approximate surface area is 202 Å². The van der Waals surface area contributed by atoms with Crippen molar-refractivity contribution in [2.45, 2.75) is 79.0 Å². The fourth-order valence-electron chi connectivity index (χ4n) is 4.10. The molecule has 0 bridgehead atoms. The first-order valence-electron chi connectivity index (χ1n) is 12.1. The first kappa shape index (κ1) is 28.9. The van der Waals surface area contributed by atoms with Crippen molar-refractivity contribution in [3.8, 4) is 5.75 Å².